The fraction of sp³-hybridized carbons (Fsp3) is 0.571. The summed E-state index contributed by atoms with van der Waals surface area (Å²) in [6.45, 7) is 9.58. The molecule has 1 aromatic carbocycles. The maximum atomic E-state index is 5.00. The Morgan fingerprint density at radius 3 is 2.43 bits per heavy atom. The summed E-state index contributed by atoms with van der Waals surface area (Å²) < 4.78 is 4.42. The van der Waals surface area contributed by atoms with Crippen molar-refractivity contribution in [1.29, 1.82) is 0 Å². The first kappa shape index (κ1) is 24.8. The molecule has 0 saturated carbocycles. The van der Waals surface area contributed by atoms with Gasteiger partial charge in [-0.05, 0) is 26.6 Å². The van der Waals surface area contributed by atoms with Crippen molar-refractivity contribution in [2.75, 3.05) is 58.3 Å². The SMILES string of the molecule is CCNC(=NCC(c1ccccc1)N(C)C)N1CCN(c2nc(CC)ns2)CC1.I. The number of aliphatic imine (C=N–C) groups is 1. The molecule has 1 N–H and O–H groups in total. The largest absolute Gasteiger partial charge is 0.357 e. The van der Waals surface area contributed by atoms with Crippen LogP contribution in [0.1, 0.15) is 31.3 Å². The molecule has 2 aromatic rings. The van der Waals surface area contributed by atoms with Crippen LogP contribution in [-0.2, 0) is 6.42 Å². The molecule has 9 heteroatoms. The van der Waals surface area contributed by atoms with Crippen LogP contribution >= 0.6 is 35.5 Å². The number of likely N-dealkylation sites (N-methyl/N-ethyl adjacent to an activating group) is 1. The van der Waals surface area contributed by atoms with Gasteiger partial charge in [0.05, 0.1) is 12.6 Å². The maximum absolute atomic E-state index is 5.00. The molecule has 0 spiro atoms. The summed E-state index contributed by atoms with van der Waals surface area (Å²) in [5.41, 5.74) is 1.30. The third-order valence-electron chi connectivity index (χ3n) is 5.18. The summed E-state index contributed by atoms with van der Waals surface area (Å²) in [6, 6.07) is 10.9. The van der Waals surface area contributed by atoms with Gasteiger partial charge in [-0.1, -0.05) is 37.3 Å². The number of aryl methyl sites for hydroxylation is 1. The van der Waals surface area contributed by atoms with Crippen LogP contribution in [0.3, 0.4) is 0 Å². The Kier molecular flexibility index (Phi) is 10.3. The number of hydrogen-bond donors (Lipinski definition) is 1. The molecule has 3 rings (SSSR count). The van der Waals surface area contributed by atoms with Crippen LogP contribution in [0.25, 0.3) is 0 Å². The summed E-state index contributed by atoms with van der Waals surface area (Å²) >= 11 is 1.51. The quantitative estimate of drug-likeness (QED) is 0.329. The number of guanidine groups is 1. The van der Waals surface area contributed by atoms with Crippen LogP contribution in [0.5, 0.6) is 0 Å². The van der Waals surface area contributed by atoms with Crippen molar-refractivity contribution >= 4 is 46.6 Å². The minimum atomic E-state index is 0. The molecular weight excluding hydrogens is 509 g/mol. The Balaban J connectivity index is 0.00000320. The number of halogens is 1. The minimum absolute atomic E-state index is 0. The number of aromatic nitrogens is 2. The molecule has 2 heterocycles. The van der Waals surface area contributed by atoms with Gasteiger partial charge < -0.3 is 20.0 Å². The lowest BCUT2D eigenvalue weighted by atomic mass is 10.1. The van der Waals surface area contributed by atoms with Crippen LogP contribution in [-0.4, -0.2) is 78.5 Å². The Hall–Kier alpha value is -1.46. The van der Waals surface area contributed by atoms with E-state index >= 15 is 0 Å². The number of piperazine rings is 1. The van der Waals surface area contributed by atoms with Crippen LogP contribution in [0, 0.1) is 0 Å². The van der Waals surface area contributed by atoms with Gasteiger partial charge >= 0.3 is 0 Å². The number of nitrogens with one attached hydrogen (secondary N) is 1. The third-order valence-corrected chi connectivity index (χ3v) is 5.99. The van der Waals surface area contributed by atoms with Gasteiger partial charge in [0, 0.05) is 50.7 Å². The van der Waals surface area contributed by atoms with Gasteiger partial charge in [0.1, 0.15) is 5.82 Å². The van der Waals surface area contributed by atoms with E-state index in [0.717, 1.165) is 62.6 Å². The van der Waals surface area contributed by atoms with Crippen molar-refractivity contribution in [3.8, 4) is 0 Å². The standard InChI is InChI=1S/C21H33N7S.HI/c1-5-19-24-21(29-25-19)28-14-12-27(13-15-28)20(22-6-2)23-16-18(26(3)4)17-10-8-7-9-11-17;/h7-11,18H,5-6,12-16H2,1-4H3,(H,22,23);1H. The van der Waals surface area contributed by atoms with Crippen molar-refractivity contribution in [2.24, 2.45) is 4.99 Å². The number of hydrogen-bond acceptors (Lipinski definition) is 6. The predicted octanol–water partition coefficient (Wildman–Crippen LogP) is 3.11. The van der Waals surface area contributed by atoms with E-state index in [4.69, 9.17) is 4.99 Å². The van der Waals surface area contributed by atoms with E-state index in [-0.39, 0.29) is 30.0 Å². The molecule has 0 aliphatic carbocycles. The first-order valence-electron chi connectivity index (χ1n) is 10.4. The summed E-state index contributed by atoms with van der Waals surface area (Å²) in [6.07, 6.45) is 0.891. The van der Waals surface area contributed by atoms with E-state index < -0.39 is 0 Å². The molecule has 1 saturated heterocycles. The lowest BCUT2D eigenvalue weighted by molar-refractivity contribution is 0.303. The first-order chi connectivity index (χ1) is 14.1. The van der Waals surface area contributed by atoms with Crippen molar-refractivity contribution in [3.05, 3.63) is 41.7 Å². The maximum Gasteiger partial charge on any atom is 0.205 e. The van der Waals surface area contributed by atoms with Gasteiger partial charge in [-0.3, -0.25) is 4.99 Å². The highest BCUT2D eigenvalue weighted by atomic mass is 127. The Labute approximate surface area is 201 Å². The lowest BCUT2D eigenvalue weighted by Gasteiger charge is -2.36. The van der Waals surface area contributed by atoms with Crippen LogP contribution < -0.4 is 10.2 Å². The first-order valence-corrected chi connectivity index (χ1v) is 11.2. The van der Waals surface area contributed by atoms with Gasteiger partial charge in [-0.25, -0.2) is 4.98 Å². The molecule has 1 aliphatic heterocycles. The topological polar surface area (TPSA) is 59.9 Å². The van der Waals surface area contributed by atoms with Gasteiger partial charge in [-0.15, -0.1) is 24.0 Å². The monoisotopic (exact) mass is 543 g/mol. The molecule has 1 aromatic heterocycles. The smallest absolute Gasteiger partial charge is 0.205 e. The van der Waals surface area contributed by atoms with E-state index in [1.54, 1.807) is 0 Å². The fourth-order valence-corrected chi connectivity index (χ4v) is 4.27. The summed E-state index contributed by atoms with van der Waals surface area (Å²) in [5, 5.41) is 4.52. The molecule has 1 fully saturated rings. The average molecular weight is 544 g/mol. The zero-order valence-corrected chi connectivity index (χ0v) is 21.6. The molecule has 7 nitrogen and oxygen atoms in total. The van der Waals surface area contributed by atoms with Crippen LogP contribution in [0.2, 0.25) is 0 Å². The van der Waals surface area contributed by atoms with Crippen LogP contribution in [0.15, 0.2) is 35.3 Å². The molecule has 0 bridgehead atoms. The highest BCUT2D eigenvalue weighted by Gasteiger charge is 2.22. The summed E-state index contributed by atoms with van der Waals surface area (Å²) in [5.74, 6) is 1.94. The minimum Gasteiger partial charge on any atom is -0.357 e. The molecule has 1 atom stereocenters. The molecule has 0 radical (unpaired) electrons. The van der Waals surface area contributed by atoms with Crippen LogP contribution in [0.4, 0.5) is 5.13 Å². The zero-order valence-electron chi connectivity index (χ0n) is 18.4. The third kappa shape index (κ3) is 6.52. The number of anilines is 1. The second-order valence-corrected chi connectivity index (χ2v) is 8.14. The molecule has 166 valence electrons. The lowest BCUT2D eigenvalue weighted by Crippen LogP contribution is -2.52. The van der Waals surface area contributed by atoms with Crippen molar-refractivity contribution < 1.29 is 0 Å². The van der Waals surface area contributed by atoms with E-state index in [9.17, 15) is 0 Å². The molecular formula is C21H34IN7S. The van der Waals surface area contributed by atoms with E-state index in [1.165, 1.54) is 17.1 Å². The molecule has 30 heavy (non-hydrogen) atoms. The number of benzene rings is 1. The number of rotatable bonds is 7. The van der Waals surface area contributed by atoms with Gasteiger partial charge in [0.15, 0.2) is 5.96 Å². The Bertz CT molecular complexity index is 773. The van der Waals surface area contributed by atoms with Gasteiger partial charge in [0.2, 0.25) is 5.13 Å². The zero-order chi connectivity index (χ0) is 20.6. The summed E-state index contributed by atoms with van der Waals surface area (Å²) in [7, 11) is 4.23. The highest BCUT2D eigenvalue weighted by Crippen LogP contribution is 2.20. The molecule has 0 amide bonds. The normalized spacial score (nSPS) is 15.8. The predicted molar refractivity (Wildman–Crippen MR) is 137 cm³/mol. The highest BCUT2D eigenvalue weighted by molar-refractivity contribution is 14.0. The van der Waals surface area contributed by atoms with E-state index in [0.29, 0.717) is 0 Å². The second kappa shape index (κ2) is 12.4. The van der Waals surface area contributed by atoms with E-state index in [2.05, 4.69) is 87.6 Å². The fourth-order valence-electron chi connectivity index (χ4n) is 3.47. The Morgan fingerprint density at radius 1 is 1.17 bits per heavy atom. The van der Waals surface area contributed by atoms with Crippen molar-refractivity contribution in [3.63, 3.8) is 0 Å². The molecule has 1 unspecified atom stereocenters. The van der Waals surface area contributed by atoms with Crippen molar-refractivity contribution in [1.82, 2.24) is 24.5 Å². The van der Waals surface area contributed by atoms with Crippen molar-refractivity contribution in [2.45, 2.75) is 26.3 Å². The summed E-state index contributed by atoms with van der Waals surface area (Å²) in [4.78, 5) is 16.6. The van der Waals surface area contributed by atoms with Gasteiger partial charge in [0.25, 0.3) is 0 Å². The van der Waals surface area contributed by atoms with E-state index in [1.807, 2.05) is 0 Å². The number of nitrogens with zero attached hydrogens (tertiary/aromatic N) is 6. The molecule has 1 aliphatic rings. The Morgan fingerprint density at radius 2 is 1.87 bits per heavy atom. The van der Waals surface area contributed by atoms with Gasteiger partial charge in [-0.2, -0.15) is 4.37 Å². The average Bonchev–Trinajstić information content (AvgIpc) is 3.23. The second-order valence-electron chi connectivity index (χ2n) is 7.41.